The van der Waals surface area contributed by atoms with E-state index >= 15 is 0 Å². The summed E-state index contributed by atoms with van der Waals surface area (Å²) in [6, 6.07) is 2.32. The first-order valence-electron chi connectivity index (χ1n) is 5.35. The van der Waals surface area contributed by atoms with Gasteiger partial charge in [0.25, 0.3) is 0 Å². The third kappa shape index (κ3) is 1.54. The summed E-state index contributed by atoms with van der Waals surface area (Å²) < 4.78 is 0. The van der Waals surface area contributed by atoms with Gasteiger partial charge in [0.2, 0.25) is 0 Å². The summed E-state index contributed by atoms with van der Waals surface area (Å²) in [4.78, 5) is 4.17. The SMILES string of the molecule is Clc1ncc([C@@H]2CCCN2)c2ccnnc12. The Hall–Kier alpha value is -1.26. The minimum absolute atomic E-state index is 0.372. The molecule has 1 fully saturated rings. The Morgan fingerprint density at radius 3 is 3.19 bits per heavy atom. The van der Waals surface area contributed by atoms with Crippen molar-refractivity contribution in [3.05, 3.63) is 29.2 Å². The number of hydrogen-bond acceptors (Lipinski definition) is 4. The predicted octanol–water partition coefficient (Wildman–Crippen LogP) is 2.10. The highest BCUT2D eigenvalue weighted by molar-refractivity contribution is 6.33. The number of aromatic nitrogens is 3. The zero-order valence-electron chi connectivity index (χ0n) is 8.65. The van der Waals surface area contributed by atoms with E-state index in [0.29, 0.717) is 16.7 Å². The lowest BCUT2D eigenvalue weighted by molar-refractivity contribution is 0.650. The summed E-state index contributed by atoms with van der Waals surface area (Å²) >= 11 is 6.00. The quantitative estimate of drug-likeness (QED) is 0.768. The Bertz CT molecular complexity index is 522. The molecule has 16 heavy (non-hydrogen) atoms. The molecule has 0 aliphatic carbocycles. The van der Waals surface area contributed by atoms with Gasteiger partial charge in [0.1, 0.15) is 5.52 Å². The number of nitrogens with zero attached hydrogens (tertiary/aromatic N) is 3. The molecule has 0 unspecified atom stereocenters. The number of rotatable bonds is 1. The average molecular weight is 235 g/mol. The van der Waals surface area contributed by atoms with Gasteiger partial charge in [-0.15, -0.1) is 5.10 Å². The first-order valence-corrected chi connectivity index (χ1v) is 5.73. The van der Waals surface area contributed by atoms with Gasteiger partial charge in [-0.25, -0.2) is 4.98 Å². The fourth-order valence-corrected chi connectivity index (χ4v) is 2.39. The van der Waals surface area contributed by atoms with E-state index in [4.69, 9.17) is 11.6 Å². The van der Waals surface area contributed by atoms with E-state index in [-0.39, 0.29) is 0 Å². The van der Waals surface area contributed by atoms with Crippen molar-refractivity contribution in [2.45, 2.75) is 18.9 Å². The fraction of sp³-hybridized carbons (Fsp3) is 0.364. The largest absolute Gasteiger partial charge is 0.310 e. The highest BCUT2D eigenvalue weighted by Gasteiger charge is 2.19. The predicted molar refractivity (Wildman–Crippen MR) is 62.3 cm³/mol. The molecule has 4 nitrogen and oxygen atoms in total. The first kappa shape index (κ1) is 9.93. The van der Waals surface area contributed by atoms with Crippen LogP contribution in [0.1, 0.15) is 24.4 Å². The molecule has 0 bridgehead atoms. The second-order valence-electron chi connectivity index (χ2n) is 3.95. The molecule has 2 aromatic heterocycles. The molecular formula is C11H11ClN4. The second-order valence-corrected chi connectivity index (χ2v) is 4.30. The van der Waals surface area contributed by atoms with Crippen LogP contribution in [0, 0.1) is 0 Å². The molecule has 82 valence electrons. The van der Waals surface area contributed by atoms with Crippen molar-refractivity contribution >= 4 is 22.5 Å². The van der Waals surface area contributed by atoms with Crippen LogP contribution in [0.15, 0.2) is 18.5 Å². The maximum Gasteiger partial charge on any atom is 0.157 e. The number of hydrogen-bond donors (Lipinski definition) is 1. The molecule has 1 atom stereocenters. The van der Waals surface area contributed by atoms with E-state index in [1.165, 1.54) is 12.0 Å². The zero-order chi connectivity index (χ0) is 11.0. The summed E-state index contributed by atoms with van der Waals surface area (Å²) in [5, 5.41) is 12.8. The third-order valence-electron chi connectivity index (χ3n) is 2.98. The average Bonchev–Trinajstić information content (AvgIpc) is 2.83. The first-order chi connectivity index (χ1) is 7.86. The van der Waals surface area contributed by atoms with Crippen LogP contribution in [-0.2, 0) is 0 Å². The Balaban J connectivity index is 2.21. The van der Waals surface area contributed by atoms with Crippen molar-refractivity contribution in [1.82, 2.24) is 20.5 Å². The minimum Gasteiger partial charge on any atom is -0.310 e. The second kappa shape index (κ2) is 3.96. The van der Waals surface area contributed by atoms with E-state index in [2.05, 4.69) is 20.5 Å². The maximum atomic E-state index is 6.00. The molecule has 3 heterocycles. The van der Waals surface area contributed by atoms with Crippen molar-refractivity contribution in [2.75, 3.05) is 6.54 Å². The molecule has 0 amide bonds. The molecule has 1 aliphatic heterocycles. The van der Waals surface area contributed by atoms with Crippen LogP contribution in [0.25, 0.3) is 10.9 Å². The maximum absolute atomic E-state index is 6.00. The summed E-state index contributed by atoms with van der Waals surface area (Å²) in [5.41, 5.74) is 1.86. The molecule has 1 aliphatic rings. The van der Waals surface area contributed by atoms with Crippen LogP contribution >= 0.6 is 11.6 Å². The lowest BCUT2D eigenvalue weighted by Crippen LogP contribution is -2.13. The van der Waals surface area contributed by atoms with Gasteiger partial charge in [-0.05, 0) is 31.0 Å². The number of fused-ring (bicyclic) bond motifs is 1. The monoisotopic (exact) mass is 234 g/mol. The Morgan fingerprint density at radius 2 is 2.38 bits per heavy atom. The molecule has 3 rings (SSSR count). The summed E-state index contributed by atoms with van der Waals surface area (Å²) in [5.74, 6) is 0. The van der Waals surface area contributed by atoms with Crippen molar-refractivity contribution < 1.29 is 0 Å². The normalized spacial score (nSPS) is 20.4. The van der Waals surface area contributed by atoms with E-state index < -0.39 is 0 Å². The molecule has 0 radical (unpaired) electrons. The van der Waals surface area contributed by atoms with E-state index in [1.807, 2.05) is 12.3 Å². The van der Waals surface area contributed by atoms with Gasteiger partial charge in [-0.2, -0.15) is 5.10 Å². The smallest absolute Gasteiger partial charge is 0.157 e. The minimum atomic E-state index is 0.372. The summed E-state index contributed by atoms with van der Waals surface area (Å²) in [7, 11) is 0. The molecule has 1 saturated heterocycles. The molecule has 0 spiro atoms. The van der Waals surface area contributed by atoms with Gasteiger partial charge >= 0.3 is 0 Å². The van der Waals surface area contributed by atoms with Gasteiger partial charge in [-0.1, -0.05) is 11.6 Å². The van der Waals surface area contributed by atoms with Crippen LogP contribution in [0.2, 0.25) is 5.15 Å². The van der Waals surface area contributed by atoms with Crippen molar-refractivity contribution in [3.63, 3.8) is 0 Å². The van der Waals surface area contributed by atoms with Gasteiger partial charge < -0.3 is 5.32 Å². The van der Waals surface area contributed by atoms with Crippen LogP contribution in [0.5, 0.6) is 0 Å². The Labute approximate surface area is 98.0 Å². The third-order valence-corrected chi connectivity index (χ3v) is 3.26. The standard InChI is InChI=1S/C11H11ClN4/c12-11-10-7(3-5-15-16-10)8(6-14-11)9-2-1-4-13-9/h3,5-6,9,13H,1-2,4H2/t9-/m0/s1. The van der Waals surface area contributed by atoms with Gasteiger partial charge in [0.05, 0.1) is 6.20 Å². The van der Waals surface area contributed by atoms with E-state index in [9.17, 15) is 0 Å². The molecule has 2 aromatic rings. The number of nitrogens with one attached hydrogen (secondary N) is 1. The van der Waals surface area contributed by atoms with Crippen molar-refractivity contribution in [2.24, 2.45) is 0 Å². The Kier molecular flexibility index (Phi) is 2.46. The lowest BCUT2D eigenvalue weighted by Gasteiger charge is -2.12. The Morgan fingerprint density at radius 1 is 1.44 bits per heavy atom. The van der Waals surface area contributed by atoms with Gasteiger partial charge in [0.15, 0.2) is 5.15 Å². The van der Waals surface area contributed by atoms with Crippen LogP contribution in [-0.4, -0.2) is 21.7 Å². The zero-order valence-corrected chi connectivity index (χ0v) is 9.41. The lowest BCUT2D eigenvalue weighted by atomic mass is 10.0. The van der Waals surface area contributed by atoms with E-state index in [1.54, 1.807) is 6.20 Å². The van der Waals surface area contributed by atoms with Gasteiger partial charge in [-0.3, -0.25) is 0 Å². The van der Waals surface area contributed by atoms with Crippen molar-refractivity contribution in [1.29, 1.82) is 0 Å². The molecular weight excluding hydrogens is 224 g/mol. The van der Waals surface area contributed by atoms with Crippen LogP contribution in [0.4, 0.5) is 0 Å². The van der Waals surface area contributed by atoms with Gasteiger partial charge in [0, 0.05) is 17.6 Å². The molecule has 0 saturated carbocycles. The van der Waals surface area contributed by atoms with Crippen LogP contribution in [0.3, 0.4) is 0 Å². The molecule has 0 aromatic carbocycles. The van der Waals surface area contributed by atoms with Crippen LogP contribution < -0.4 is 5.32 Å². The fourth-order valence-electron chi connectivity index (χ4n) is 2.20. The van der Waals surface area contributed by atoms with E-state index in [0.717, 1.165) is 18.4 Å². The van der Waals surface area contributed by atoms with Crippen molar-refractivity contribution in [3.8, 4) is 0 Å². The number of pyridine rings is 1. The number of halogens is 1. The summed E-state index contributed by atoms with van der Waals surface area (Å²) in [6.45, 7) is 1.06. The molecule has 1 N–H and O–H groups in total. The summed E-state index contributed by atoms with van der Waals surface area (Å²) in [6.07, 6.45) is 5.88. The topological polar surface area (TPSA) is 50.7 Å². The highest BCUT2D eigenvalue weighted by Crippen LogP contribution is 2.30. The highest BCUT2D eigenvalue weighted by atomic mass is 35.5. The molecule has 5 heteroatoms.